The van der Waals surface area contributed by atoms with Crippen LogP contribution in [-0.2, 0) is 28.5 Å². The van der Waals surface area contributed by atoms with Crippen molar-refractivity contribution in [2.24, 2.45) is 11.8 Å². The van der Waals surface area contributed by atoms with Gasteiger partial charge in [-0.15, -0.1) is 13.2 Å². The van der Waals surface area contributed by atoms with E-state index in [1.807, 2.05) is 29.2 Å². The molecule has 16 nitrogen and oxygen atoms in total. The number of rotatable bonds is 12. The van der Waals surface area contributed by atoms with Crippen molar-refractivity contribution in [2.45, 2.75) is 107 Å². The van der Waals surface area contributed by atoms with Crippen LogP contribution in [0.15, 0.2) is 72.8 Å². The van der Waals surface area contributed by atoms with E-state index in [1.165, 1.54) is 32.8 Å². The second-order valence-electron chi connectivity index (χ2n) is 17.6. The maximum Gasteiger partial charge on any atom is 0.573 e. The summed E-state index contributed by atoms with van der Waals surface area (Å²) in [5.74, 6) is -2.05. The highest BCUT2D eigenvalue weighted by molar-refractivity contribution is 6.02. The van der Waals surface area contributed by atoms with E-state index in [0.29, 0.717) is 24.1 Å². The number of hydrogen-bond donors (Lipinski definition) is 2. The van der Waals surface area contributed by atoms with Crippen LogP contribution in [0, 0.1) is 11.8 Å². The van der Waals surface area contributed by atoms with Crippen molar-refractivity contribution in [3.05, 3.63) is 89.5 Å². The molecule has 9 rings (SSSR count). The van der Waals surface area contributed by atoms with Crippen molar-refractivity contribution < 1.29 is 65.6 Å². The first-order valence-corrected chi connectivity index (χ1v) is 22.7. The number of para-hydroxylation sites is 2. The largest absolute Gasteiger partial charge is 0.573 e. The molecule has 3 aromatic carbocycles. The van der Waals surface area contributed by atoms with Gasteiger partial charge in [-0.3, -0.25) is 19.5 Å². The molecule has 3 aromatic rings. The molecule has 0 spiro atoms. The highest BCUT2D eigenvalue weighted by atomic mass is 19.4. The fourth-order valence-electron chi connectivity index (χ4n) is 10.3. The first-order chi connectivity index (χ1) is 32.3. The lowest BCUT2D eigenvalue weighted by atomic mass is 9.82. The van der Waals surface area contributed by atoms with Gasteiger partial charge in [0.2, 0.25) is 0 Å². The lowest BCUT2D eigenvalue weighted by molar-refractivity contribution is -0.274. The highest BCUT2D eigenvalue weighted by Crippen LogP contribution is 2.53. The molecular weight excluding hydrogens is 880 g/mol. The minimum atomic E-state index is -4.90. The molecular formula is C48H54F3N5O11. The third-order valence-electron chi connectivity index (χ3n) is 13.4. The maximum absolute atomic E-state index is 13.6. The highest BCUT2D eigenvalue weighted by Gasteiger charge is 2.52. The second kappa shape index (κ2) is 20.1. The summed E-state index contributed by atoms with van der Waals surface area (Å²) < 4.78 is 61.4. The van der Waals surface area contributed by atoms with Gasteiger partial charge in [0.25, 0.3) is 0 Å². The molecule has 19 heteroatoms. The number of Topliss-reactive ketones (excluding diaryl/α,β-unsaturated/α-hetero) is 1. The maximum atomic E-state index is 13.6. The van der Waals surface area contributed by atoms with Crippen molar-refractivity contribution in [3.63, 3.8) is 0 Å². The van der Waals surface area contributed by atoms with Crippen molar-refractivity contribution >= 4 is 47.3 Å². The molecule has 0 radical (unpaired) electrons. The molecule has 4 amide bonds. The molecule has 4 fully saturated rings. The summed E-state index contributed by atoms with van der Waals surface area (Å²) in [6.07, 6.45) is 3.29. The Morgan fingerprint density at radius 2 is 1.28 bits per heavy atom. The quantitative estimate of drug-likeness (QED) is 0.101. The molecule has 0 aromatic heterocycles. The van der Waals surface area contributed by atoms with E-state index in [2.05, 4.69) is 37.0 Å². The number of benzene rings is 3. The van der Waals surface area contributed by atoms with Crippen molar-refractivity contribution in [1.82, 2.24) is 15.1 Å². The molecule has 0 bridgehead atoms. The van der Waals surface area contributed by atoms with Gasteiger partial charge in [0, 0.05) is 47.3 Å². The number of ether oxygens (including phenoxy) is 5. The van der Waals surface area contributed by atoms with E-state index in [1.54, 1.807) is 21.9 Å². The number of ketones is 1. The number of amides is 4. The van der Waals surface area contributed by atoms with Gasteiger partial charge >= 0.3 is 36.5 Å². The van der Waals surface area contributed by atoms with E-state index in [-0.39, 0.29) is 48.3 Å². The lowest BCUT2D eigenvalue weighted by Crippen LogP contribution is -2.55. The normalized spacial score (nSPS) is 23.2. The van der Waals surface area contributed by atoms with Crippen molar-refractivity contribution in [2.75, 3.05) is 44.2 Å². The number of halogens is 3. The van der Waals surface area contributed by atoms with Crippen LogP contribution in [-0.4, -0.2) is 110 Å². The van der Waals surface area contributed by atoms with Gasteiger partial charge in [-0.25, -0.2) is 24.0 Å². The number of nitrogens with zero attached hydrogens (tertiary/aromatic N) is 3. The zero-order chi connectivity index (χ0) is 47.4. The molecule has 2 N–H and O–H groups in total. The zero-order valence-electron chi connectivity index (χ0n) is 37.2. The lowest BCUT2D eigenvalue weighted by Gasteiger charge is -2.47. The molecule has 6 unspecified atom stereocenters. The number of anilines is 2. The fourth-order valence-corrected chi connectivity index (χ4v) is 10.3. The molecule has 6 atom stereocenters. The van der Waals surface area contributed by atoms with E-state index >= 15 is 0 Å². The smallest absolute Gasteiger partial charge is 0.466 e. The minimum absolute atomic E-state index is 0.0163. The monoisotopic (exact) mass is 933 g/mol. The zero-order valence-corrected chi connectivity index (χ0v) is 37.2. The van der Waals surface area contributed by atoms with E-state index in [9.17, 15) is 41.9 Å². The Morgan fingerprint density at radius 3 is 1.91 bits per heavy atom. The van der Waals surface area contributed by atoms with Crippen LogP contribution in [0.2, 0.25) is 0 Å². The Kier molecular flexibility index (Phi) is 14.1. The average molecular weight is 934 g/mol. The van der Waals surface area contributed by atoms with Gasteiger partial charge in [0.05, 0.1) is 38.5 Å². The van der Waals surface area contributed by atoms with Gasteiger partial charge in [0.15, 0.2) is 19.0 Å². The van der Waals surface area contributed by atoms with Gasteiger partial charge in [-0.2, -0.15) is 0 Å². The number of carbonyl (C=O) groups excluding carboxylic acids is 6. The minimum Gasteiger partial charge on any atom is -0.466 e. The van der Waals surface area contributed by atoms with Gasteiger partial charge < -0.3 is 34.3 Å². The molecule has 2 heterocycles. The summed E-state index contributed by atoms with van der Waals surface area (Å²) in [6, 6.07) is 19.5. The third kappa shape index (κ3) is 10.7. The van der Waals surface area contributed by atoms with Gasteiger partial charge in [-0.05, 0) is 86.8 Å². The van der Waals surface area contributed by atoms with Crippen LogP contribution in [0.1, 0.15) is 97.8 Å². The number of nitrogens with one attached hydrogen (secondary N) is 2. The summed E-state index contributed by atoms with van der Waals surface area (Å²) in [4.78, 5) is 80.7. The summed E-state index contributed by atoms with van der Waals surface area (Å²) in [5.41, 5.74) is 3.57. The van der Waals surface area contributed by atoms with Gasteiger partial charge in [-0.1, -0.05) is 61.4 Å². The predicted molar refractivity (Wildman–Crippen MR) is 234 cm³/mol. The first-order valence-electron chi connectivity index (χ1n) is 22.7. The van der Waals surface area contributed by atoms with Crippen molar-refractivity contribution in [1.29, 1.82) is 0 Å². The Hall–Kier alpha value is -6.53. The molecule has 67 heavy (non-hydrogen) atoms. The predicted octanol–water partition coefficient (Wildman–Crippen LogP) is 8.08. The number of methoxy groups -OCH3 is 2. The molecule has 358 valence electrons. The Bertz CT molecular complexity index is 2340. The van der Waals surface area contributed by atoms with E-state index in [0.717, 1.165) is 80.3 Å². The number of carbonyl (C=O) groups is 6. The molecule has 2 aliphatic heterocycles. The van der Waals surface area contributed by atoms with Crippen LogP contribution in [0.4, 0.5) is 38.9 Å². The second-order valence-corrected chi connectivity index (χ2v) is 17.6. The fraction of sp³-hybridized carbons (Fsp3) is 0.500. The SMILES string of the molecule is COC(=O)COC(=O)N(C1CC1)C1c2ccccc2N(C(=O)NCC(=O)c2cccc(OC(F)(F)F)c2)C2CCCC21.COC(=O)COC(=O)N(C1CC1)C1c2ccccc2NC2CCCC21. The summed E-state index contributed by atoms with van der Waals surface area (Å²) in [6.45, 7) is -1.28. The standard InChI is InChI=1S/C29H30F3N3O7.C19H24N2O4/c1-40-25(37)16-41-28(39)34(18-12-13-18)26-20-8-2-3-10-22(20)35(23-11-5-9-21(23)26)27(38)33-15-24(36)17-6-4-7-19(14-17)42-29(30,31)32;1-24-17(22)11-25-19(23)21(12-9-10-12)18-13-5-2-3-7-15(13)20-16-8-4-6-14(16)18/h2-4,6-8,10,14,18,21,23,26H,5,9,11-13,15-16H2,1H3,(H,33,38);2-3,5,7,12,14,16,18,20H,4,6,8-11H2,1H3. The summed E-state index contributed by atoms with van der Waals surface area (Å²) >= 11 is 0. The van der Waals surface area contributed by atoms with Gasteiger partial charge in [0.1, 0.15) is 5.75 Å². The number of fused-ring (bicyclic) bond motifs is 4. The van der Waals surface area contributed by atoms with E-state index in [4.69, 9.17) is 9.47 Å². The number of hydrogen-bond acceptors (Lipinski definition) is 12. The molecule has 6 aliphatic rings. The summed E-state index contributed by atoms with van der Waals surface area (Å²) in [7, 11) is 2.50. The molecule has 4 saturated carbocycles. The Morgan fingerprint density at radius 1 is 0.701 bits per heavy atom. The molecule has 0 saturated heterocycles. The van der Waals surface area contributed by atoms with Crippen LogP contribution in [0.25, 0.3) is 0 Å². The van der Waals surface area contributed by atoms with E-state index < -0.39 is 61.2 Å². The molecule has 4 aliphatic carbocycles. The Labute approximate surface area is 385 Å². The Balaban J connectivity index is 0.000000206. The first kappa shape index (κ1) is 47.0. The van der Waals surface area contributed by atoms with Crippen LogP contribution in [0.3, 0.4) is 0 Å². The van der Waals surface area contributed by atoms with Crippen LogP contribution in [0.5, 0.6) is 5.75 Å². The van der Waals surface area contributed by atoms with Crippen molar-refractivity contribution in [3.8, 4) is 5.75 Å². The topological polar surface area (TPSA) is 182 Å². The third-order valence-corrected chi connectivity index (χ3v) is 13.4. The number of urea groups is 1. The average Bonchev–Trinajstić information content (AvgIpc) is 4.25. The number of esters is 2. The number of alkyl halides is 3. The van der Waals surface area contributed by atoms with Crippen LogP contribution >= 0.6 is 0 Å². The van der Waals surface area contributed by atoms with Crippen LogP contribution < -0.4 is 20.3 Å². The summed E-state index contributed by atoms with van der Waals surface area (Å²) in [5, 5.41) is 6.28.